The van der Waals surface area contributed by atoms with Crippen LogP contribution in [0.4, 0.5) is 0 Å². The summed E-state index contributed by atoms with van der Waals surface area (Å²) in [7, 11) is 0. The second kappa shape index (κ2) is 3.67. The Morgan fingerprint density at radius 1 is 1.40 bits per heavy atom. The highest BCUT2D eigenvalue weighted by Gasteiger charge is 1.89. The normalized spacial score (nSPS) is 9.80. The van der Waals surface area contributed by atoms with E-state index in [1.165, 1.54) is 11.1 Å². The summed E-state index contributed by atoms with van der Waals surface area (Å²) in [5.41, 5.74) is 2.72. The molecule has 1 heteroatoms. The smallest absolute Gasteiger partial charge is 0.00574 e. The Labute approximate surface area is 67.7 Å². The first-order valence-electron chi connectivity index (χ1n) is 3.49. The molecule has 0 fully saturated rings. The summed E-state index contributed by atoms with van der Waals surface area (Å²) in [6.07, 6.45) is 1.07. The zero-order valence-corrected chi connectivity index (χ0v) is 7.07. The van der Waals surface area contributed by atoms with Crippen molar-refractivity contribution >= 4 is 12.6 Å². The van der Waals surface area contributed by atoms with Gasteiger partial charge in [0.25, 0.3) is 0 Å². The van der Waals surface area contributed by atoms with Crippen LogP contribution in [0.3, 0.4) is 0 Å². The molecule has 10 heavy (non-hydrogen) atoms. The van der Waals surface area contributed by atoms with Gasteiger partial charge in [0.05, 0.1) is 0 Å². The summed E-state index contributed by atoms with van der Waals surface area (Å²) in [6.45, 7) is 2.11. The van der Waals surface area contributed by atoms with Crippen LogP contribution in [0.25, 0.3) is 0 Å². The monoisotopic (exact) mass is 152 g/mol. The van der Waals surface area contributed by atoms with Gasteiger partial charge >= 0.3 is 0 Å². The second-order valence-electron chi connectivity index (χ2n) is 2.46. The predicted molar refractivity (Wildman–Crippen MR) is 48.7 cm³/mol. The van der Waals surface area contributed by atoms with E-state index in [2.05, 4.69) is 43.8 Å². The summed E-state index contributed by atoms with van der Waals surface area (Å²) in [5.74, 6) is 0.934. The molecule has 1 aromatic rings. The SMILES string of the molecule is Cc1cccc(CCS)c1. The van der Waals surface area contributed by atoms with Crippen molar-refractivity contribution in [1.82, 2.24) is 0 Å². The predicted octanol–water partition coefficient (Wildman–Crippen LogP) is 2.47. The molecular formula is C9H12S. The Kier molecular flexibility index (Phi) is 2.82. The number of hydrogen-bond donors (Lipinski definition) is 1. The maximum atomic E-state index is 4.17. The molecule has 0 unspecified atom stereocenters. The zero-order chi connectivity index (χ0) is 7.40. The van der Waals surface area contributed by atoms with Crippen LogP contribution < -0.4 is 0 Å². The van der Waals surface area contributed by atoms with E-state index < -0.39 is 0 Å². The molecule has 0 atom stereocenters. The fraction of sp³-hybridized carbons (Fsp3) is 0.333. The highest BCUT2D eigenvalue weighted by molar-refractivity contribution is 7.80. The van der Waals surface area contributed by atoms with Crippen molar-refractivity contribution < 1.29 is 0 Å². The van der Waals surface area contributed by atoms with E-state index in [1.54, 1.807) is 0 Å². The summed E-state index contributed by atoms with van der Waals surface area (Å²) in [5, 5.41) is 0. The first-order valence-corrected chi connectivity index (χ1v) is 4.12. The third-order valence-electron chi connectivity index (χ3n) is 1.48. The largest absolute Gasteiger partial charge is 0.179 e. The van der Waals surface area contributed by atoms with Crippen molar-refractivity contribution in [3.05, 3.63) is 35.4 Å². The number of rotatable bonds is 2. The topological polar surface area (TPSA) is 0 Å². The molecule has 0 aliphatic rings. The van der Waals surface area contributed by atoms with E-state index >= 15 is 0 Å². The number of hydrogen-bond acceptors (Lipinski definition) is 1. The Morgan fingerprint density at radius 2 is 2.20 bits per heavy atom. The van der Waals surface area contributed by atoms with Crippen molar-refractivity contribution in [2.75, 3.05) is 5.75 Å². The van der Waals surface area contributed by atoms with Crippen LogP contribution in [-0.4, -0.2) is 5.75 Å². The van der Waals surface area contributed by atoms with E-state index in [-0.39, 0.29) is 0 Å². The van der Waals surface area contributed by atoms with Gasteiger partial charge in [-0.25, -0.2) is 0 Å². The van der Waals surface area contributed by atoms with Crippen molar-refractivity contribution in [3.8, 4) is 0 Å². The van der Waals surface area contributed by atoms with Gasteiger partial charge in [0.2, 0.25) is 0 Å². The lowest BCUT2D eigenvalue weighted by molar-refractivity contribution is 1.15. The van der Waals surface area contributed by atoms with Gasteiger partial charge in [0.15, 0.2) is 0 Å². The summed E-state index contributed by atoms with van der Waals surface area (Å²) < 4.78 is 0. The van der Waals surface area contributed by atoms with Crippen molar-refractivity contribution in [2.45, 2.75) is 13.3 Å². The van der Waals surface area contributed by atoms with Crippen LogP contribution in [0.5, 0.6) is 0 Å². The highest BCUT2D eigenvalue weighted by atomic mass is 32.1. The summed E-state index contributed by atoms with van der Waals surface area (Å²) in [6, 6.07) is 8.55. The molecule has 0 bridgehead atoms. The average Bonchev–Trinajstić information content (AvgIpc) is 1.88. The molecule has 0 heterocycles. The second-order valence-corrected chi connectivity index (χ2v) is 2.91. The Bertz CT molecular complexity index is 206. The molecule has 0 spiro atoms. The lowest BCUT2D eigenvalue weighted by Gasteiger charge is -1.97. The molecular weight excluding hydrogens is 140 g/mol. The minimum Gasteiger partial charge on any atom is -0.179 e. The quantitative estimate of drug-likeness (QED) is 0.618. The lowest BCUT2D eigenvalue weighted by Crippen LogP contribution is -1.85. The maximum absolute atomic E-state index is 4.17. The molecule has 1 rings (SSSR count). The molecule has 0 saturated carbocycles. The van der Waals surface area contributed by atoms with Crippen LogP contribution in [0.15, 0.2) is 24.3 Å². The van der Waals surface area contributed by atoms with Crippen LogP contribution in [0.2, 0.25) is 0 Å². The minimum atomic E-state index is 0.934. The molecule has 0 aliphatic heterocycles. The highest BCUT2D eigenvalue weighted by Crippen LogP contribution is 2.04. The molecule has 0 aromatic heterocycles. The third kappa shape index (κ3) is 2.07. The van der Waals surface area contributed by atoms with Crippen molar-refractivity contribution in [2.24, 2.45) is 0 Å². The summed E-state index contributed by atoms with van der Waals surface area (Å²) >= 11 is 4.17. The van der Waals surface area contributed by atoms with Gasteiger partial charge in [0, 0.05) is 0 Å². The molecule has 1 aromatic carbocycles. The molecule has 0 amide bonds. The first kappa shape index (κ1) is 7.67. The van der Waals surface area contributed by atoms with E-state index in [4.69, 9.17) is 0 Å². The van der Waals surface area contributed by atoms with Crippen LogP contribution in [-0.2, 0) is 6.42 Å². The maximum Gasteiger partial charge on any atom is -0.00574 e. The van der Waals surface area contributed by atoms with Crippen LogP contribution in [0.1, 0.15) is 11.1 Å². The standard InChI is InChI=1S/C9H12S/c1-8-3-2-4-9(7-8)5-6-10/h2-4,7,10H,5-6H2,1H3. The van der Waals surface area contributed by atoms with Crippen LogP contribution >= 0.6 is 12.6 Å². The average molecular weight is 152 g/mol. The van der Waals surface area contributed by atoms with E-state index in [1.807, 2.05) is 0 Å². The van der Waals surface area contributed by atoms with E-state index in [9.17, 15) is 0 Å². The van der Waals surface area contributed by atoms with Crippen LogP contribution in [0, 0.1) is 6.92 Å². The van der Waals surface area contributed by atoms with Gasteiger partial charge < -0.3 is 0 Å². The Morgan fingerprint density at radius 3 is 2.80 bits per heavy atom. The zero-order valence-electron chi connectivity index (χ0n) is 6.17. The van der Waals surface area contributed by atoms with Gasteiger partial charge in [-0.1, -0.05) is 29.8 Å². The lowest BCUT2D eigenvalue weighted by atomic mass is 10.1. The van der Waals surface area contributed by atoms with Gasteiger partial charge in [-0.05, 0) is 24.7 Å². The number of benzene rings is 1. The molecule has 0 aliphatic carbocycles. The van der Waals surface area contributed by atoms with Gasteiger partial charge in [-0.2, -0.15) is 12.6 Å². The number of thiol groups is 1. The van der Waals surface area contributed by atoms with E-state index in [0.29, 0.717) is 0 Å². The van der Waals surface area contributed by atoms with Gasteiger partial charge in [-0.15, -0.1) is 0 Å². The van der Waals surface area contributed by atoms with Gasteiger partial charge in [-0.3, -0.25) is 0 Å². The third-order valence-corrected chi connectivity index (χ3v) is 1.71. The molecule has 0 N–H and O–H groups in total. The molecule has 54 valence electrons. The van der Waals surface area contributed by atoms with E-state index in [0.717, 1.165) is 12.2 Å². The van der Waals surface area contributed by atoms with Crippen molar-refractivity contribution in [3.63, 3.8) is 0 Å². The molecule has 0 radical (unpaired) electrons. The van der Waals surface area contributed by atoms with Gasteiger partial charge in [0.1, 0.15) is 0 Å². The minimum absolute atomic E-state index is 0.934. The first-order chi connectivity index (χ1) is 4.83. The fourth-order valence-corrected chi connectivity index (χ4v) is 1.25. The Hall–Kier alpha value is -0.430. The fourth-order valence-electron chi connectivity index (χ4n) is 0.997. The van der Waals surface area contributed by atoms with Crippen molar-refractivity contribution in [1.29, 1.82) is 0 Å². The summed E-state index contributed by atoms with van der Waals surface area (Å²) in [4.78, 5) is 0. The molecule has 0 saturated heterocycles. The number of aryl methyl sites for hydroxylation is 2. The molecule has 0 nitrogen and oxygen atoms in total. The Balaban J connectivity index is 2.75.